The van der Waals surface area contributed by atoms with E-state index in [-0.39, 0.29) is 17.7 Å². The zero-order valence-corrected chi connectivity index (χ0v) is 12.9. The summed E-state index contributed by atoms with van der Waals surface area (Å²) in [5, 5.41) is 12.8. The molecule has 0 unspecified atom stereocenters. The van der Waals surface area contributed by atoms with E-state index >= 15 is 0 Å². The van der Waals surface area contributed by atoms with E-state index in [2.05, 4.69) is 10.2 Å². The fourth-order valence-electron chi connectivity index (χ4n) is 2.55. The molecule has 0 aliphatic carbocycles. The molecule has 21 heavy (non-hydrogen) atoms. The molecule has 4 N–H and O–H groups in total. The Balaban J connectivity index is 1.90. The summed E-state index contributed by atoms with van der Waals surface area (Å²) in [7, 11) is 0. The first-order valence-corrected chi connectivity index (χ1v) is 7.47. The lowest BCUT2D eigenvalue weighted by Crippen LogP contribution is -2.46. The number of nitrogens with one attached hydrogen (secondary N) is 1. The molecule has 0 bridgehead atoms. The van der Waals surface area contributed by atoms with Crippen molar-refractivity contribution in [2.75, 3.05) is 19.6 Å². The number of aromatic hydroxyl groups is 1. The molecule has 2 rings (SSSR count). The number of likely N-dealkylation sites (tertiary alicyclic amines) is 1. The van der Waals surface area contributed by atoms with Gasteiger partial charge in [-0.3, -0.25) is 9.69 Å². The number of piperidine rings is 1. The van der Waals surface area contributed by atoms with Gasteiger partial charge in [-0.2, -0.15) is 0 Å². The Labute approximate surface area is 130 Å². The predicted molar refractivity (Wildman–Crippen MR) is 86.6 cm³/mol. The second kappa shape index (κ2) is 6.87. The van der Waals surface area contributed by atoms with Gasteiger partial charge in [0.2, 0.25) is 0 Å². The Morgan fingerprint density at radius 1 is 1.48 bits per heavy atom. The average molecular weight is 307 g/mol. The van der Waals surface area contributed by atoms with Gasteiger partial charge in [-0.15, -0.1) is 0 Å². The first-order valence-electron chi connectivity index (χ1n) is 7.07. The molecule has 1 aliphatic rings. The van der Waals surface area contributed by atoms with Gasteiger partial charge in [-0.1, -0.05) is 23.8 Å². The van der Waals surface area contributed by atoms with Crippen LogP contribution in [0.15, 0.2) is 18.2 Å². The Bertz CT molecular complexity index is 540. The van der Waals surface area contributed by atoms with E-state index in [1.807, 2.05) is 6.92 Å². The van der Waals surface area contributed by atoms with Gasteiger partial charge in [0.15, 0.2) is 0 Å². The van der Waals surface area contributed by atoms with Crippen molar-refractivity contribution in [3.63, 3.8) is 0 Å². The zero-order chi connectivity index (χ0) is 15.4. The van der Waals surface area contributed by atoms with Crippen LogP contribution in [0.5, 0.6) is 5.75 Å². The molecule has 1 aromatic carbocycles. The average Bonchev–Trinajstić information content (AvgIpc) is 2.43. The molecule has 114 valence electrons. The summed E-state index contributed by atoms with van der Waals surface area (Å²) in [5.74, 6) is -0.201. The van der Waals surface area contributed by atoms with Crippen molar-refractivity contribution in [3.05, 3.63) is 29.3 Å². The molecule has 0 radical (unpaired) electrons. The summed E-state index contributed by atoms with van der Waals surface area (Å²) >= 11 is 4.90. The van der Waals surface area contributed by atoms with Crippen molar-refractivity contribution in [1.82, 2.24) is 10.2 Å². The van der Waals surface area contributed by atoms with Crippen molar-refractivity contribution < 1.29 is 9.90 Å². The number of rotatable bonds is 4. The van der Waals surface area contributed by atoms with E-state index < -0.39 is 0 Å². The highest BCUT2D eigenvalue weighted by Crippen LogP contribution is 2.19. The Morgan fingerprint density at radius 2 is 2.14 bits per heavy atom. The summed E-state index contributed by atoms with van der Waals surface area (Å²) in [6, 6.07) is 5.15. The Hall–Kier alpha value is -1.66. The third-order valence-electron chi connectivity index (χ3n) is 3.70. The minimum atomic E-state index is -0.219. The van der Waals surface area contributed by atoms with Crippen molar-refractivity contribution in [1.29, 1.82) is 0 Å². The van der Waals surface area contributed by atoms with Crippen LogP contribution in [-0.2, 0) is 0 Å². The molecule has 1 aromatic rings. The van der Waals surface area contributed by atoms with Gasteiger partial charge < -0.3 is 16.2 Å². The SMILES string of the molecule is Cc1ccc(O)c(C(=O)NC2CCN(CC(N)=S)CC2)c1. The summed E-state index contributed by atoms with van der Waals surface area (Å²) in [6.45, 7) is 4.25. The molecule has 0 saturated carbocycles. The van der Waals surface area contributed by atoms with Crippen molar-refractivity contribution in [2.24, 2.45) is 5.73 Å². The highest BCUT2D eigenvalue weighted by molar-refractivity contribution is 7.80. The van der Waals surface area contributed by atoms with Crippen LogP contribution in [0.4, 0.5) is 0 Å². The predicted octanol–water partition coefficient (Wildman–Crippen LogP) is 1.18. The van der Waals surface area contributed by atoms with Gasteiger partial charge in [0.05, 0.1) is 10.6 Å². The Kier molecular flexibility index (Phi) is 5.14. The number of carbonyl (C=O) groups excluding carboxylic acids is 1. The lowest BCUT2D eigenvalue weighted by atomic mass is 10.0. The van der Waals surface area contributed by atoms with Gasteiger partial charge in [-0.05, 0) is 31.9 Å². The third kappa shape index (κ3) is 4.41. The molecule has 1 aliphatic heterocycles. The van der Waals surface area contributed by atoms with Crippen LogP contribution in [-0.4, -0.2) is 46.6 Å². The number of phenols is 1. The molecule has 1 amide bonds. The second-order valence-corrected chi connectivity index (χ2v) is 6.04. The number of carbonyl (C=O) groups is 1. The van der Waals surface area contributed by atoms with E-state index in [9.17, 15) is 9.90 Å². The number of benzene rings is 1. The summed E-state index contributed by atoms with van der Waals surface area (Å²) in [4.78, 5) is 14.9. The summed E-state index contributed by atoms with van der Waals surface area (Å²) in [5.41, 5.74) is 6.82. The van der Waals surface area contributed by atoms with E-state index in [0.29, 0.717) is 17.1 Å². The molecule has 1 saturated heterocycles. The minimum absolute atomic E-state index is 0.0176. The molecule has 1 fully saturated rings. The quantitative estimate of drug-likeness (QED) is 0.728. The van der Waals surface area contributed by atoms with Crippen molar-refractivity contribution in [3.8, 4) is 5.75 Å². The van der Waals surface area contributed by atoms with E-state index in [0.717, 1.165) is 31.5 Å². The molecule has 6 heteroatoms. The lowest BCUT2D eigenvalue weighted by molar-refractivity contribution is 0.0912. The van der Waals surface area contributed by atoms with Crippen LogP contribution >= 0.6 is 12.2 Å². The molecule has 0 atom stereocenters. The van der Waals surface area contributed by atoms with Gasteiger partial charge in [0.1, 0.15) is 5.75 Å². The number of aryl methyl sites for hydroxylation is 1. The first-order chi connectivity index (χ1) is 9.95. The maximum atomic E-state index is 12.2. The molecular formula is C15H21N3O2S. The maximum absolute atomic E-state index is 12.2. The van der Waals surface area contributed by atoms with Crippen LogP contribution in [0.25, 0.3) is 0 Å². The number of phenolic OH excluding ortho intramolecular Hbond substituents is 1. The largest absolute Gasteiger partial charge is 0.507 e. The number of nitrogens with two attached hydrogens (primary N) is 1. The standard InChI is InChI=1S/C15H21N3O2S/c1-10-2-3-13(19)12(8-10)15(20)17-11-4-6-18(7-5-11)9-14(16)21/h2-3,8,11,19H,4-7,9H2,1H3,(H2,16,21)(H,17,20). The number of hydrogen-bond donors (Lipinski definition) is 3. The second-order valence-electron chi connectivity index (χ2n) is 5.51. The maximum Gasteiger partial charge on any atom is 0.255 e. The number of thiocarbonyl (C=S) groups is 1. The van der Waals surface area contributed by atoms with Crippen molar-refractivity contribution >= 4 is 23.1 Å². The highest BCUT2D eigenvalue weighted by Gasteiger charge is 2.22. The van der Waals surface area contributed by atoms with E-state index in [4.69, 9.17) is 18.0 Å². The number of amides is 1. The fraction of sp³-hybridized carbons (Fsp3) is 0.467. The molecular weight excluding hydrogens is 286 g/mol. The summed E-state index contributed by atoms with van der Waals surface area (Å²) in [6.07, 6.45) is 1.72. The van der Waals surface area contributed by atoms with Crippen LogP contribution < -0.4 is 11.1 Å². The monoisotopic (exact) mass is 307 g/mol. The normalized spacial score (nSPS) is 16.6. The minimum Gasteiger partial charge on any atom is -0.507 e. The van der Waals surface area contributed by atoms with Crippen molar-refractivity contribution in [2.45, 2.75) is 25.8 Å². The van der Waals surface area contributed by atoms with Crippen LogP contribution in [0.2, 0.25) is 0 Å². The third-order valence-corrected chi connectivity index (χ3v) is 3.83. The van der Waals surface area contributed by atoms with E-state index in [1.165, 1.54) is 0 Å². The smallest absolute Gasteiger partial charge is 0.255 e. The molecule has 5 nitrogen and oxygen atoms in total. The van der Waals surface area contributed by atoms with Crippen LogP contribution in [0, 0.1) is 6.92 Å². The van der Waals surface area contributed by atoms with Gasteiger partial charge in [0, 0.05) is 25.7 Å². The summed E-state index contributed by atoms with van der Waals surface area (Å²) < 4.78 is 0. The number of nitrogens with zero attached hydrogens (tertiary/aromatic N) is 1. The molecule has 1 heterocycles. The van der Waals surface area contributed by atoms with Gasteiger partial charge >= 0.3 is 0 Å². The Morgan fingerprint density at radius 3 is 2.76 bits per heavy atom. The molecule has 0 aromatic heterocycles. The van der Waals surface area contributed by atoms with Gasteiger partial charge in [0.25, 0.3) is 5.91 Å². The highest BCUT2D eigenvalue weighted by atomic mass is 32.1. The fourth-order valence-corrected chi connectivity index (χ4v) is 2.73. The lowest BCUT2D eigenvalue weighted by Gasteiger charge is -2.32. The number of hydrogen-bond acceptors (Lipinski definition) is 4. The molecule has 0 spiro atoms. The topological polar surface area (TPSA) is 78.6 Å². The van der Waals surface area contributed by atoms with Crippen LogP contribution in [0.1, 0.15) is 28.8 Å². The van der Waals surface area contributed by atoms with Crippen LogP contribution in [0.3, 0.4) is 0 Å². The van der Waals surface area contributed by atoms with Gasteiger partial charge in [-0.25, -0.2) is 0 Å². The first kappa shape index (κ1) is 15.7. The zero-order valence-electron chi connectivity index (χ0n) is 12.1. The van der Waals surface area contributed by atoms with E-state index in [1.54, 1.807) is 18.2 Å².